The van der Waals surface area contributed by atoms with Crippen LogP contribution in [0.1, 0.15) is 30.5 Å². The van der Waals surface area contributed by atoms with Gasteiger partial charge in [0.05, 0.1) is 12.6 Å². The number of hydrogen-bond acceptors (Lipinski definition) is 3. The first kappa shape index (κ1) is 14.0. The third-order valence-corrected chi connectivity index (χ3v) is 3.83. The Balaban J connectivity index is 1.76. The third-order valence-electron chi connectivity index (χ3n) is 3.83. The van der Waals surface area contributed by atoms with E-state index >= 15 is 0 Å². The first-order valence-electron chi connectivity index (χ1n) is 7.51. The van der Waals surface area contributed by atoms with Gasteiger partial charge in [-0.25, -0.2) is 0 Å². The van der Waals surface area contributed by atoms with E-state index in [1.54, 1.807) is 0 Å². The molecule has 0 bridgehead atoms. The van der Waals surface area contributed by atoms with Crippen LogP contribution < -0.4 is 15.2 Å². The maximum Gasteiger partial charge on any atom is 0.161 e. The molecule has 0 amide bonds. The molecular formula is C18H21NO2. The predicted octanol–water partition coefficient (Wildman–Crippen LogP) is 3.48. The minimum atomic E-state index is -0.0829. The zero-order valence-corrected chi connectivity index (χ0v) is 12.3. The maximum atomic E-state index is 6.32. The SMILES string of the molecule is CCCOc1ccccc1OC1Cc2ccccc2C1N. The zero-order chi connectivity index (χ0) is 14.7. The van der Waals surface area contributed by atoms with Gasteiger partial charge in [-0.1, -0.05) is 43.3 Å². The number of fused-ring (bicyclic) bond motifs is 1. The van der Waals surface area contributed by atoms with Gasteiger partial charge in [0.2, 0.25) is 0 Å². The van der Waals surface area contributed by atoms with Crippen molar-refractivity contribution in [1.82, 2.24) is 0 Å². The van der Waals surface area contributed by atoms with Crippen molar-refractivity contribution in [3.8, 4) is 11.5 Å². The zero-order valence-electron chi connectivity index (χ0n) is 12.3. The fourth-order valence-corrected chi connectivity index (χ4v) is 2.75. The molecule has 110 valence electrons. The van der Waals surface area contributed by atoms with Crippen molar-refractivity contribution in [3.63, 3.8) is 0 Å². The quantitative estimate of drug-likeness (QED) is 0.913. The largest absolute Gasteiger partial charge is 0.490 e. The Hall–Kier alpha value is -2.00. The highest BCUT2D eigenvalue weighted by atomic mass is 16.5. The van der Waals surface area contributed by atoms with E-state index in [-0.39, 0.29) is 12.1 Å². The van der Waals surface area contributed by atoms with Crippen molar-refractivity contribution in [2.45, 2.75) is 31.9 Å². The monoisotopic (exact) mass is 283 g/mol. The highest BCUT2D eigenvalue weighted by Gasteiger charge is 2.31. The molecule has 2 unspecified atom stereocenters. The van der Waals surface area contributed by atoms with Crippen LogP contribution in [0.15, 0.2) is 48.5 Å². The molecule has 0 radical (unpaired) electrons. The fourth-order valence-electron chi connectivity index (χ4n) is 2.75. The van der Waals surface area contributed by atoms with E-state index in [9.17, 15) is 0 Å². The molecule has 0 aromatic heterocycles. The minimum absolute atomic E-state index is 0.0335. The molecule has 1 aliphatic rings. The van der Waals surface area contributed by atoms with E-state index in [2.05, 4.69) is 19.1 Å². The molecule has 2 atom stereocenters. The average Bonchev–Trinajstić information content (AvgIpc) is 2.83. The summed E-state index contributed by atoms with van der Waals surface area (Å²) in [5.74, 6) is 1.57. The van der Waals surface area contributed by atoms with Gasteiger partial charge < -0.3 is 15.2 Å². The summed E-state index contributed by atoms with van der Waals surface area (Å²) in [6.45, 7) is 2.78. The second kappa shape index (κ2) is 6.19. The summed E-state index contributed by atoms with van der Waals surface area (Å²) in [6, 6.07) is 16.0. The molecule has 0 spiro atoms. The third kappa shape index (κ3) is 2.88. The van der Waals surface area contributed by atoms with Crippen LogP contribution >= 0.6 is 0 Å². The first-order valence-corrected chi connectivity index (χ1v) is 7.51. The molecule has 0 heterocycles. The van der Waals surface area contributed by atoms with Crippen LogP contribution in [0.2, 0.25) is 0 Å². The molecule has 0 aliphatic heterocycles. The lowest BCUT2D eigenvalue weighted by Gasteiger charge is -2.20. The molecule has 2 N–H and O–H groups in total. The number of benzene rings is 2. The van der Waals surface area contributed by atoms with E-state index in [0.29, 0.717) is 6.61 Å². The lowest BCUT2D eigenvalue weighted by molar-refractivity contribution is 0.174. The van der Waals surface area contributed by atoms with Gasteiger partial charge in [0.15, 0.2) is 11.5 Å². The van der Waals surface area contributed by atoms with Gasteiger partial charge in [0.1, 0.15) is 6.10 Å². The van der Waals surface area contributed by atoms with Crippen molar-refractivity contribution in [3.05, 3.63) is 59.7 Å². The summed E-state index contributed by atoms with van der Waals surface area (Å²) in [4.78, 5) is 0. The summed E-state index contributed by atoms with van der Waals surface area (Å²) in [5, 5.41) is 0. The topological polar surface area (TPSA) is 44.5 Å². The molecule has 0 fully saturated rings. The molecule has 3 heteroatoms. The van der Waals surface area contributed by atoms with Gasteiger partial charge in [0, 0.05) is 6.42 Å². The van der Waals surface area contributed by atoms with Gasteiger partial charge >= 0.3 is 0 Å². The maximum absolute atomic E-state index is 6.32. The van der Waals surface area contributed by atoms with Crippen LogP contribution in [-0.2, 0) is 6.42 Å². The summed E-state index contributed by atoms with van der Waals surface area (Å²) in [5.41, 5.74) is 8.79. The lowest BCUT2D eigenvalue weighted by Crippen LogP contribution is -2.28. The summed E-state index contributed by atoms with van der Waals surface area (Å²) in [6.07, 6.45) is 1.79. The van der Waals surface area contributed by atoms with Crippen molar-refractivity contribution in [1.29, 1.82) is 0 Å². The molecular weight excluding hydrogens is 262 g/mol. The average molecular weight is 283 g/mol. The molecule has 2 aromatic carbocycles. The van der Waals surface area contributed by atoms with Crippen molar-refractivity contribution < 1.29 is 9.47 Å². The van der Waals surface area contributed by atoms with Crippen LogP contribution in [0.5, 0.6) is 11.5 Å². The van der Waals surface area contributed by atoms with Gasteiger partial charge in [-0.05, 0) is 29.7 Å². The highest BCUT2D eigenvalue weighted by Crippen LogP contribution is 2.35. The van der Waals surface area contributed by atoms with E-state index < -0.39 is 0 Å². The standard InChI is InChI=1S/C18H21NO2/c1-2-11-20-15-9-5-6-10-16(15)21-17-12-13-7-3-4-8-14(13)18(17)19/h3-10,17-18H,2,11-12,19H2,1H3. The van der Waals surface area contributed by atoms with Gasteiger partial charge in [0.25, 0.3) is 0 Å². The molecule has 3 nitrogen and oxygen atoms in total. The smallest absolute Gasteiger partial charge is 0.161 e. The van der Waals surface area contributed by atoms with Crippen LogP contribution in [0.25, 0.3) is 0 Å². The van der Waals surface area contributed by atoms with Crippen molar-refractivity contribution in [2.75, 3.05) is 6.61 Å². The highest BCUT2D eigenvalue weighted by molar-refractivity contribution is 5.41. The fraction of sp³-hybridized carbons (Fsp3) is 0.333. The number of rotatable bonds is 5. The van der Waals surface area contributed by atoms with Gasteiger partial charge in [-0.3, -0.25) is 0 Å². The molecule has 3 rings (SSSR count). The van der Waals surface area contributed by atoms with E-state index in [1.165, 1.54) is 11.1 Å². The first-order chi connectivity index (χ1) is 10.3. The van der Waals surface area contributed by atoms with Crippen molar-refractivity contribution in [2.24, 2.45) is 5.73 Å². The van der Waals surface area contributed by atoms with Crippen LogP contribution in [-0.4, -0.2) is 12.7 Å². The van der Waals surface area contributed by atoms with Crippen LogP contribution in [0.4, 0.5) is 0 Å². The number of hydrogen-bond donors (Lipinski definition) is 1. The Morgan fingerprint density at radius 1 is 1.05 bits per heavy atom. The normalized spacial score (nSPS) is 20.1. The Kier molecular flexibility index (Phi) is 4.11. The summed E-state index contributed by atoms with van der Waals surface area (Å²) < 4.78 is 11.9. The molecule has 21 heavy (non-hydrogen) atoms. The Morgan fingerprint density at radius 3 is 2.52 bits per heavy atom. The van der Waals surface area contributed by atoms with Crippen LogP contribution in [0, 0.1) is 0 Å². The Morgan fingerprint density at radius 2 is 1.76 bits per heavy atom. The Bertz CT molecular complexity index is 612. The molecule has 1 aliphatic carbocycles. The van der Waals surface area contributed by atoms with E-state index in [4.69, 9.17) is 15.2 Å². The molecule has 0 saturated heterocycles. The number of nitrogens with two attached hydrogens (primary N) is 1. The second-order valence-corrected chi connectivity index (χ2v) is 5.38. The summed E-state index contributed by atoms with van der Waals surface area (Å²) in [7, 11) is 0. The lowest BCUT2D eigenvalue weighted by atomic mass is 10.1. The number of para-hydroxylation sites is 2. The number of ether oxygens (including phenoxy) is 2. The predicted molar refractivity (Wildman–Crippen MR) is 83.7 cm³/mol. The van der Waals surface area contributed by atoms with Crippen LogP contribution in [0.3, 0.4) is 0 Å². The molecule has 0 saturated carbocycles. The minimum Gasteiger partial charge on any atom is -0.490 e. The molecule has 2 aromatic rings. The van der Waals surface area contributed by atoms with Gasteiger partial charge in [-0.2, -0.15) is 0 Å². The van der Waals surface area contributed by atoms with Gasteiger partial charge in [-0.15, -0.1) is 0 Å². The van der Waals surface area contributed by atoms with E-state index in [1.807, 2.05) is 36.4 Å². The summed E-state index contributed by atoms with van der Waals surface area (Å²) >= 11 is 0. The second-order valence-electron chi connectivity index (χ2n) is 5.38. The Labute approximate surface area is 125 Å². The van der Waals surface area contributed by atoms with Crippen molar-refractivity contribution >= 4 is 0 Å². The van der Waals surface area contributed by atoms with E-state index in [0.717, 1.165) is 24.3 Å².